The fourth-order valence-corrected chi connectivity index (χ4v) is 3.47. The van der Waals surface area contributed by atoms with E-state index in [1.165, 1.54) is 0 Å². The topological polar surface area (TPSA) is 29.5 Å². The highest BCUT2D eigenvalue weighted by Crippen LogP contribution is 2.38. The first kappa shape index (κ1) is 15.9. The van der Waals surface area contributed by atoms with Gasteiger partial charge in [-0.3, -0.25) is 4.90 Å². The molecule has 1 aliphatic rings. The standard InChI is InChI=1S/C19H20ClNO2/c1-13-7-6-10-16(11-13)18-17(12-20)21(19(22)23-18)14(2)15-8-4-3-5-9-15/h3-11,14,17-18H,12H2,1-2H3/t14-,17+,18+/m1/s1. The van der Waals surface area contributed by atoms with Gasteiger partial charge < -0.3 is 4.74 Å². The van der Waals surface area contributed by atoms with E-state index in [1.807, 2.05) is 68.4 Å². The van der Waals surface area contributed by atoms with Gasteiger partial charge in [0.15, 0.2) is 6.10 Å². The number of alkyl halides is 1. The van der Waals surface area contributed by atoms with E-state index in [1.54, 1.807) is 4.90 Å². The molecule has 3 atom stereocenters. The Bertz CT molecular complexity index is 689. The van der Waals surface area contributed by atoms with Crippen LogP contribution in [0.3, 0.4) is 0 Å². The van der Waals surface area contributed by atoms with E-state index < -0.39 is 0 Å². The number of nitrogens with zero attached hydrogens (tertiary/aromatic N) is 1. The minimum absolute atomic E-state index is 0.0812. The second kappa shape index (κ2) is 6.63. The summed E-state index contributed by atoms with van der Waals surface area (Å²) in [7, 11) is 0. The van der Waals surface area contributed by atoms with Crippen molar-refractivity contribution in [2.45, 2.75) is 32.0 Å². The highest BCUT2D eigenvalue weighted by molar-refractivity contribution is 6.18. The number of cyclic esters (lactones) is 1. The van der Waals surface area contributed by atoms with Crippen molar-refractivity contribution in [1.29, 1.82) is 0 Å². The van der Waals surface area contributed by atoms with Gasteiger partial charge in [0.1, 0.15) is 0 Å². The number of benzene rings is 2. The van der Waals surface area contributed by atoms with Crippen molar-refractivity contribution in [2.24, 2.45) is 0 Å². The minimum atomic E-state index is -0.328. The molecule has 1 amide bonds. The Morgan fingerprint density at radius 1 is 1.17 bits per heavy atom. The lowest BCUT2D eigenvalue weighted by atomic mass is 9.99. The summed E-state index contributed by atoms with van der Waals surface area (Å²) in [5.41, 5.74) is 3.21. The average Bonchev–Trinajstić information content (AvgIpc) is 2.91. The normalized spacial score (nSPS) is 22.0. The lowest BCUT2D eigenvalue weighted by Gasteiger charge is -2.29. The number of carbonyl (C=O) groups is 1. The molecule has 0 spiro atoms. The molecular formula is C19H20ClNO2. The molecule has 0 radical (unpaired) electrons. The van der Waals surface area contributed by atoms with E-state index >= 15 is 0 Å². The fourth-order valence-electron chi connectivity index (χ4n) is 3.16. The third-order valence-corrected chi connectivity index (χ3v) is 4.69. The van der Waals surface area contributed by atoms with Crippen molar-refractivity contribution in [3.63, 3.8) is 0 Å². The predicted molar refractivity (Wildman–Crippen MR) is 91.6 cm³/mol. The van der Waals surface area contributed by atoms with Crippen molar-refractivity contribution >= 4 is 17.7 Å². The van der Waals surface area contributed by atoms with E-state index in [0.717, 1.165) is 16.7 Å². The van der Waals surface area contributed by atoms with Crippen molar-refractivity contribution < 1.29 is 9.53 Å². The number of carbonyl (C=O) groups excluding carboxylic acids is 1. The highest BCUT2D eigenvalue weighted by atomic mass is 35.5. The van der Waals surface area contributed by atoms with Crippen molar-refractivity contribution in [2.75, 3.05) is 5.88 Å². The van der Waals surface area contributed by atoms with Crippen LogP contribution < -0.4 is 0 Å². The Morgan fingerprint density at radius 2 is 1.91 bits per heavy atom. The smallest absolute Gasteiger partial charge is 0.411 e. The molecule has 4 heteroatoms. The molecule has 3 rings (SSSR count). The first-order valence-corrected chi connectivity index (χ1v) is 8.31. The molecule has 0 aromatic heterocycles. The van der Waals surface area contributed by atoms with E-state index in [0.29, 0.717) is 5.88 Å². The summed E-state index contributed by atoms with van der Waals surface area (Å²) in [6.07, 6.45) is -0.635. The summed E-state index contributed by atoms with van der Waals surface area (Å²) in [6, 6.07) is 17.7. The summed E-state index contributed by atoms with van der Waals surface area (Å²) in [4.78, 5) is 14.2. The van der Waals surface area contributed by atoms with Crippen LogP contribution in [0, 0.1) is 6.92 Å². The lowest BCUT2D eigenvalue weighted by molar-refractivity contribution is 0.128. The maximum atomic E-state index is 12.5. The van der Waals surface area contributed by atoms with Crippen LogP contribution in [-0.2, 0) is 4.74 Å². The first-order chi connectivity index (χ1) is 11.1. The number of hydrogen-bond donors (Lipinski definition) is 0. The van der Waals surface area contributed by atoms with E-state index in [9.17, 15) is 4.79 Å². The maximum absolute atomic E-state index is 12.5. The Labute approximate surface area is 141 Å². The summed E-state index contributed by atoms with van der Waals surface area (Å²) in [5.74, 6) is 0.335. The first-order valence-electron chi connectivity index (χ1n) is 7.78. The van der Waals surface area contributed by atoms with Crippen LogP contribution in [0.5, 0.6) is 0 Å². The van der Waals surface area contributed by atoms with Gasteiger partial charge in [0.05, 0.1) is 12.1 Å². The van der Waals surface area contributed by atoms with E-state index in [4.69, 9.17) is 16.3 Å². The van der Waals surface area contributed by atoms with Gasteiger partial charge in [0, 0.05) is 5.88 Å². The van der Waals surface area contributed by atoms with Gasteiger partial charge in [0.2, 0.25) is 0 Å². The fraction of sp³-hybridized carbons (Fsp3) is 0.316. The summed E-state index contributed by atoms with van der Waals surface area (Å²) in [5, 5.41) is 0. The number of hydrogen-bond acceptors (Lipinski definition) is 2. The molecule has 0 bridgehead atoms. The van der Waals surface area contributed by atoms with Crippen LogP contribution in [0.25, 0.3) is 0 Å². The molecule has 0 unspecified atom stereocenters. The Hall–Kier alpha value is -2.00. The quantitative estimate of drug-likeness (QED) is 0.750. The average molecular weight is 330 g/mol. The van der Waals surface area contributed by atoms with Crippen LogP contribution in [0.2, 0.25) is 0 Å². The van der Waals surface area contributed by atoms with Crippen LogP contribution in [0.4, 0.5) is 4.79 Å². The molecule has 0 N–H and O–H groups in total. The van der Waals surface area contributed by atoms with Gasteiger partial charge >= 0.3 is 6.09 Å². The van der Waals surface area contributed by atoms with Crippen LogP contribution in [0.15, 0.2) is 54.6 Å². The molecule has 0 aliphatic carbocycles. The Morgan fingerprint density at radius 3 is 2.57 bits per heavy atom. The summed E-state index contributed by atoms with van der Waals surface area (Å²) < 4.78 is 5.66. The lowest BCUT2D eigenvalue weighted by Crippen LogP contribution is -2.37. The SMILES string of the molecule is Cc1cccc([C@@H]2OC(=O)N([C@H](C)c3ccccc3)[C@H]2CCl)c1. The molecule has 0 saturated carbocycles. The third kappa shape index (κ3) is 3.06. The maximum Gasteiger partial charge on any atom is 0.411 e. The third-order valence-electron chi connectivity index (χ3n) is 4.37. The molecular weight excluding hydrogens is 310 g/mol. The van der Waals surface area contributed by atoms with Gasteiger partial charge in [-0.1, -0.05) is 60.2 Å². The predicted octanol–water partition coefficient (Wildman–Crippen LogP) is 4.86. The zero-order valence-corrected chi connectivity index (χ0v) is 14.0. The van der Waals surface area contributed by atoms with Crippen molar-refractivity contribution in [3.05, 3.63) is 71.3 Å². The number of rotatable bonds is 4. The molecule has 3 nitrogen and oxygen atoms in total. The molecule has 23 heavy (non-hydrogen) atoms. The van der Waals surface area contributed by atoms with Gasteiger partial charge in [-0.25, -0.2) is 4.79 Å². The molecule has 2 aromatic rings. The number of aryl methyl sites for hydroxylation is 1. The zero-order valence-electron chi connectivity index (χ0n) is 13.3. The van der Waals surface area contributed by atoms with Gasteiger partial charge in [0.25, 0.3) is 0 Å². The monoisotopic (exact) mass is 329 g/mol. The highest BCUT2D eigenvalue weighted by Gasteiger charge is 2.44. The summed E-state index contributed by atoms with van der Waals surface area (Å²) in [6.45, 7) is 4.04. The van der Waals surface area contributed by atoms with Crippen LogP contribution >= 0.6 is 11.6 Å². The molecule has 1 aliphatic heterocycles. The molecule has 2 aromatic carbocycles. The Kier molecular flexibility index (Phi) is 4.58. The van der Waals surface area contributed by atoms with Gasteiger partial charge in [-0.15, -0.1) is 11.6 Å². The summed E-state index contributed by atoms with van der Waals surface area (Å²) >= 11 is 6.21. The van der Waals surface area contributed by atoms with Gasteiger partial charge in [-0.05, 0) is 25.0 Å². The largest absolute Gasteiger partial charge is 0.439 e. The van der Waals surface area contributed by atoms with Crippen LogP contribution in [0.1, 0.15) is 35.8 Å². The molecule has 1 heterocycles. The number of amides is 1. The van der Waals surface area contributed by atoms with Crippen molar-refractivity contribution in [3.8, 4) is 0 Å². The van der Waals surface area contributed by atoms with E-state index in [-0.39, 0.29) is 24.3 Å². The van der Waals surface area contributed by atoms with Crippen molar-refractivity contribution in [1.82, 2.24) is 4.90 Å². The van der Waals surface area contributed by atoms with E-state index in [2.05, 4.69) is 0 Å². The van der Waals surface area contributed by atoms with Crippen LogP contribution in [-0.4, -0.2) is 22.9 Å². The Balaban J connectivity index is 1.91. The molecule has 1 fully saturated rings. The minimum Gasteiger partial charge on any atom is -0.439 e. The molecule has 1 saturated heterocycles. The second-order valence-corrected chi connectivity index (χ2v) is 6.24. The molecule has 120 valence electrons. The second-order valence-electron chi connectivity index (χ2n) is 5.93. The zero-order chi connectivity index (χ0) is 16.4. The van der Waals surface area contributed by atoms with Gasteiger partial charge in [-0.2, -0.15) is 0 Å². The number of ether oxygens (including phenoxy) is 1. The number of halogens is 1.